The van der Waals surface area contributed by atoms with Crippen LogP contribution in [0.4, 0.5) is 0 Å². The van der Waals surface area contributed by atoms with Crippen LogP contribution >= 0.6 is 0 Å². The molecule has 1 aliphatic rings. The van der Waals surface area contributed by atoms with Gasteiger partial charge in [0, 0.05) is 26.1 Å². The summed E-state index contributed by atoms with van der Waals surface area (Å²) in [6.45, 7) is 6.14. The summed E-state index contributed by atoms with van der Waals surface area (Å²) in [4.78, 5) is 6.39. The van der Waals surface area contributed by atoms with Gasteiger partial charge in [-0.2, -0.15) is 0 Å². The van der Waals surface area contributed by atoms with Gasteiger partial charge >= 0.3 is 0 Å². The highest BCUT2D eigenvalue weighted by Gasteiger charge is 2.33. The molecular formula is C16H25N3O2. The smallest absolute Gasteiger partial charge is 0.193 e. The minimum Gasteiger partial charge on any atom is -0.492 e. The molecule has 0 aromatic heterocycles. The molecule has 1 aromatic carbocycles. The lowest BCUT2D eigenvalue weighted by atomic mass is 9.89. The molecule has 0 amide bonds. The second-order valence-corrected chi connectivity index (χ2v) is 5.79. The molecule has 1 fully saturated rings. The van der Waals surface area contributed by atoms with E-state index < -0.39 is 0 Å². The van der Waals surface area contributed by atoms with E-state index >= 15 is 0 Å². The normalized spacial score (nSPS) is 17.0. The minimum atomic E-state index is 0.233. The Bertz CT molecular complexity index is 458. The summed E-state index contributed by atoms with van der Waals surface area (Å²) < 4.78 is 11.0. The Labute approximate surface area is 127 Å². The van der Waals surface area contributed by atoms with Gasteiger partial charge in [-0.3, -0.25) is 4.99 Å². The van der Waals surface area contributed by atoms with E-state index in [1.165, 1.54) is 0 Å². The lowest BCUT2D eigenvalue weighted by Gasteiger charge is -2.39. The molecule has 2 rings (SSSR count). The summed E-state index contributed by atoms with van der Waals surface area (Å²) in [6.07, 6.45) is 0. The number of nitrogens with zero attached hydrogens (tertiary/aromatic N) is 2. The van der Waals surface area contributed by atoms with E-state index in [0.717, 1.165) is 38.0 Å². The SMILES string of the molecule is CN=C(NCC1(C)COC1)N(C)CCOc1ccccc1. The fourth-order valence-electron chi connectivity index (χ4n) is 2.15. The third kappa shape index (κ3) is 4.63. The van der Waals surface area contributed by atoms with Crippen molar-refractivity contribution < 1.29 is 9.47 Å². The molecule has 0 bridgehead atoms. The van der Waals surface area contributed by atoms with Gasteiger partial charge in [0.25, 0.3) is 0 Å². The van der Waals surface area contributed by atoms with E-state index in [0.29, 0.717) is 6.61 Å². The van der Waals surface area contributed by atoms with Crippen LogP contribution < -0.4 is 10.1 Å². The monoisotopic (exact) mass is 291 g/mol. The highest BCUT2D eigenvalue weighted by molar-refractivity contribution is 5.79. The van der Waals surface area contributed by atoms with Crippen LogP contribution in [0.25, 0.3) is 0 Å². The van der Waals surface area contributed by atoms with E-state index in [1.54, 1.807) is 7.05 Å². The highest BCUT2D eigenvalue weighted by Crippen LogP contribution is 2.25. The molecule has 0 radical (unpaired) electrons. The molecule has 5 heteroatoms. The summed E-state index contributed by atoms with van der Waals surface area (Å²) in [7, 11) is 3.82. The van der Waals surface area contributed by atoms with Crippen LogP contribution in [0.5, 0.6) is 5.75 Å². The lowest BCUT2D eigenvalue weighted by molar-refractivity contribution is -0.0972. The number of guanidine groups is 1. The van der Waals surface area contributed by atoms with Gasteiger partial charge in [0.15, 0.2) is 5.96 Å². The zero-order valence-corrected chi connectivity index (χ0v) is 13.1. The Hall–Kier alpha value is -1.75. The van der Waals surface area contributed by atoms with E-state index in [9.17, 15) is 0 Å². The van der Waals surface area contributed by atoms with Crippen molar-refractivity contribution in [2.24, 2.45) is 10.4 Å². The van der Waals surface area contributed by atoms with Gasteiger partial charge in [-0.25, -0.2) is 0 Å². The first kappa shape index (κ1) is 15.6. The average molecular weight is 291 g/mol. The van der Waals surface area contributed by atoms with Crippen LogP contribution in [-0.2, 0) is 4.74 Å². The fraction of sp³-hybridized carbons (Fsp3) is 0.562. The Morgan fingerprint density at radius 2 is 2.10 bits per heavy atom. The predicted molar refractivity (Wildman–Crippen MR) is 84.9 cm³/mol. The summed E-state index contributed by atoms with van der Waals surface area (Å²) >= 11 is 0. The third-order valence-electron chi connectivity index (χ3n) is 3.59. The second-order valence-electron chi connectivity index (χ2n) is 5.79. The number of likely N-dealkylation sites (N-methyl/N-ethyl adjacent to an activating group) is 1. The Morgan fingerprint density at radius 1 is 1.38 bits per heavy atom. The maximum atomic E-state index is 5.70. The zero-order chi connectivity index (χ0) is 15.1. The van der Waals surface area contributed by atoms with Crippen LogP contribution in [0.3, 0.4) is 0 Å². The number of hydrogen-bond acceptors (Lipinski definition) is 3. The molecule has 1 aliphatic heterocycles. The molecule has 0 saturated carbocycles. The van der Waals surface area contributed by atoms with Crippen LogP contribution in [-0.4, -0.2) is 57.9 Å². The van der Waals surface area contributed by atoms with Gasteiger partial charge in [0.1, 0.15) is 12.4 Å². The number of benzene rings is 1. The largest absolute Gasteiger partial charge is 0.492 e. The van der Waals surface area contributed by atoms with Gasteiger partial charge in [0.2, 0.25) is 0 Å². The first-order valence-electron chi connectivity index (χ1n) is 7.30. The van der Waals surface area contributed by atoms with Crippen molar-refractivity contribution >= 4 is 5.96 Å². The van der Waals surface area contributed by atoms with Crippen LogP contribution in [0.15, 0.2) is 35.3 Å². The molecule has 1 heterocycles. The molecule has 0 aliphatic carbocycles. The van der Waals surface area contributed by atoms with Gasteiger partial charge in [0.05, 0.1) is 19.8 Å². The van der Waals surface area contributed by atoms with Crippen molar-refractivity contribution in [3.05, 3.63) is 30.3 Å². The maximum absolute atomic E-state index is 5.70. The van der Waals surface area contributed by atoms with Crippen molar-refractivity contribution in [1.29, 1.82) is 0 Å². The number of ether oxygens (including phenoxy) is 2. The number of hydrogen-bond donors (Lipinski definition) is 1. The number of para-hydroxylation sites is 1. The first-order chi connectivity index (χ1) is 10.1. The van der Waals surface area contributed by atoms with E-state index in [4.69, 9.17) is 9.47 Å². The molecule has 116 valence electrons. The third-order valence-corrected chi connectivity index (χ3v) is 3.59. The van der Waals surface area contributed by atoms with Crippen LogP contribution in [0.1, 0.15) is 6.92 Å². The molecule has 1 aromatic rings. The van der Waals surface area contributed by atoms with Gasteiger partial charge in [-0.15, -0.1) is 0 Å². The van der Waals surface area contributed by atoms with Crippen molar-refractivity contribution in [1.82, 2.24) is 10.2 Å². The average Bonchev–Trinajstić information content (AvgIpc) is 2.47. The number of aliphatic imine (C=N–C) groups is 1. The minimum absolute atomic E-state index is 0.233. The van der Waals surface area contributed by atoms with Crippen molar-refractivity contribution in [3.8, 4) is 5.75 Å². The van der Waals surface area contributed by atoms with E-state index in [-0.39, 0.29) is 5.41 Å². The highest BCUT2D eigenvalue weighted by atomic mass is 16.5. The Balaban J connectivity index is 1.71. The summed E-state index contributed by atoms with van der Waals surface area (Å²) in [5, 5.41) is 3.40. The topological polar surface area (TPSA) is 46.1 Å². The fourth-order valence-corrected chi connectivity index (χ4v) is 2.15. The molecular weight excluding hydrogens is 266 g/mol. The van der Waals surface area contributed by atoms with E-state index in [1.807, 2.05) is 37.4 Å². The predicted octanol–water partition coefficient (Wildman–Crippen LogP) is 1.61. The summed E-state index contributed by atoms with van der Waals surface area (Å²) in [6, 6.07) is 9.85. The maximum Gasteiger partial charge on any atom is 0.193 e. The first-order valence-corrected chi connectivity index (χ1v) is 7.30. The molecule has 0 atom stereocenters. The van der Waals surface area contributed by atoms with E-state index in [2.05, 4.69) is 22.1 Å². The number of rotatable bonds is 6. The molecule has 0 spiro atoms. The van der Waals surface area contributed by atoms with Gasteiger partial charge in [-0.05, 0) is 12.1 Å². The quantitative estimate of drug-likeness (QED) is 0.639. The van der Waals surface area contributed by atoms with Gasteiger partial charge in [-0.1, -0.05) is 25.1 Å². The number of nitrogens with one attached hydrogen (secondary N) is 1. The standard InChI is InChI=1S/C16H25N3O2/c1-16(12-20-13-16)11-18-15(17-2)19(3)9-10-21-14-7-5-4-6-8-14/h4-8H,9-13H2,1-3H3,(H,17,18). The summed E-state index contributed by atoms with van der Waals surface area (Å²) in [5.41, 5.74) is 0.233. The molecule has 1 N–H and O–H groups in total. The molecule has 0 unspecified atom stereocenters. The second kappa shape index (κ2) is 7.31. The molecule has 5 nitrogen and oxygen atoms in total. The Morgan fingerprint density at radius 3 is 2.67 bits per heavy atom. The molecule has 21 heavy (non-hydrogen) atoms. The molecule has 1 saturated heterocycles. The zero-order valence-electron chi connectivity index (χ0n) is 13.1. The van der Waals surface area contributed by atoms with Crippen molar-refractivity contribution in [2.45, 2.75) is 6.92 Å². The van der Waals surface area contributed by atoms with Crippen LogP contribution in [0.2, 0.25) is 0 Å². The summed E-state index contributed by atoms with van der Waals surface area (Å²) in [5.74, 6) is 1.78. The van der Waals surface area contributed by atoms with Crippen molar-refractivity contribution in [3.63, 3.8) is 0 Å². The van der Waals surface area contributed by atoms with Crippen molar-refractivity contribution in [2.75, 3.05) is 47.0 Å². The van der Waals surface area contributed by atoms with Gasteiger partial charge < -0.3 is 19.7 Å². The lowest BCUT2D eigenvalue weighted by Crippen LogP contribution is -2.51. The van der Waals surface area contributed by atoms with Crippen LogP contribution in [0, 0.1) is 5.41 Å². The Kier molecular flexibility index (Phi) is 5.44.